The number of esters is 1. The van der Waals surface area contributed by atoms with Crippen molar-refractivity contribution in [2.24, 2.45) is 10.9 Å². The number of nitrogens with one attached hydrogen (secondary N) is 1. The van der Waals surface area contributed by atoms with Crippen LogP contribution in [0.4, 0.5) is 0 Å². The molecule has 1 N–H and O–H groups in total. The van der Waals surface area contributed by atoms with Gasteiger partial charge in [-0.15, -0.1) is 11.3 Å². The summed E-state index contributed by atoms with van der Waals surface area (Å²) in [6.45, 7) is 5.98. The average molecular weight is 410 g/mol. The monoisotopic (exact) mass is 409 g/mol. The van der Waals surface area contributed by atoms with Crippen molar-refractivity contribution in [1.82, 2.24) is 9.55 Å². The van der Waals surface area contributed by atoms with E-state index >= 15 is 0 Å². The number of nitrogens with zero attached hydrogens (tertiary/aromatic N) is 2. The van der Waals surface area contributed by atoms with Gasteiger partial charge in [-0.25, -0.2) is 4.99 Å². The first-order valence-electron chi connectivity index (χ1n) is 9.67. The van der Waals surface area contributed by atoms with E-state index in [4.69, 9.17) is 4.74 Å². The number of hydrogen-bond acceptors (Lipinski definition) is 5. The summed E-state index contributed by atoms with van der Waals surface area (Å²) in [6.07, 6.45) is 1.84. The zero-order chi connectivity index (χ0) is 20.5. The Morgan fingerprint density at radius 3 is 2.69 bits per heavy atom. The first kappa shape index (κ1) is 19.4. The summed E-state index contributed by atoms with van der Waals surface area (Å²) in [5.41, 5.74) is 1.18. The van der Waals surface area contributed by atoms with Crippen molar-refractivity contribution in [2.75, 3.05) is 6.61 Å². The van der Waals surface area contributed by atoms with Gasteiger partial charge in [-0.1, -0.05) is 30.3 Å². The van der Waals surface area contributed by atoms with Crippen LogP contribution >= 0.6 is 11.3 Å². The third kappa shape index (κ3) is 3.58. The number of aromatic amines is 1. The minimum Gasteiger partial charge on any atom is -0.466 e. The molecule has 0 spiro atoms. The average Bonchev–Trinajstić information content (AvgIpc) is 3.24. The molecule has 4 rings (SSSR count). The molecule has 0 saturated heterocycles. The molecular formula is C22H23N3O3S. The van der Waals surface area contributed by atoms with E-state index in [0.717, 1.165) is 10.4 Å². The van der Waals surface area contributed by atoms with Gasteiger partial charge in [0.15, 0.2) is 0 Å². The van der Waals surface area contributed by atoms with Crippen molar-refractivity contribution >= 4 is 23.4 Å². The Hall–Kier alpha value is -2.93. The molecule has 6 nitrogen and oxygen atoms in total. The second-order valence-corrected chi connectivity index (χ2v) is 8.45. The summed E-state index contributed by atoms with van der Waals surface area (Å²) < 4.78 is 6.93. The van der Waals surface area contributed by atoms with Gasteiger partial charge in [0.1, 0.15) is 11.3 Å². The number of thiophene rings is 1. The summed E-state index contributed by atoms with van der Waals surface area (Å²) in [6, 6.07) is 12.8. The number of fused-ring (bicyclic) bond motifs is 1. The predicted octanol–water partition coefficient (Wildman–Crippen LogP) is 2.17. The molecule has 3 atom stereocenters. The lowest BCUT2D eigenvalue weighted by Gasteiger charge is -2.32. The van der Waals surface area contributed by atoms with Crippen LogP contribution in [0.1, 0.15) is 35.2 Å². The zero-order valence-corrected chi connectivity index (χ0v) is 17.4. The number of imidazole rings is 1. The first-order chi connectivity index (χ1) is 14.0. The molecule has 1 aromatic carbocycles. The van der Waals surface area contributed by atoms with Crippen molar-refractivity contribution in [3.63, 3.8) is 0 Å². The maximum atomic E-state index is 13.3. The number of benzene rings is 1. The lowest BCUT2D eigenvalue weighted by Crippen LogP contribution is -2.48. The largest absolute Gasteiger partial charge is 0.466 e. The molecule has 3 aromatic rings. The molecule has 0 aliphatic carbocycles. The Kier molecular flexibility index (Phi) is 5.24. The summed E-state index contributed by atoms with van der Waals surface area (Å²) in [7, 11) is 0. The summed E-state index contributed by atoms with van der Waals surface area (Å²) in [5.74, 6) is -0.911. The van der Waals surface area contributed by atoms with Crippen LogP contribution in [0.5, 0.6) is 0 Å². The Morgan fingerprint density at radius 1 is 1.28 bits per heavy atom. The number of hydrogen-bond donors (Lipinski definition) is 1. The standard InChI is InChI=1S/C22H23N3O3S/c1-4-28-21(27)18-14(3)23-22-24-17(12-16-11-10-13(2)29-16)20(26)25(22)19(18)15-8-6-5-7-9-15/h5-12,14,18-19H,4H2,1-3H3,(H,23,24)/b17-12-. The molecule has 3 heterocycles. The van der Waals surface area contributed by atoms with Gasteiger partial charge in [0.2, 0.25) is 5.62 Å². The third-order valence-corrected chi connectivity index (χ3v) is 6.08. The molecular weight excluding hydrogens is 386 g/mol. The smallest absolute Gasteiger partial charge is 0.313 e. The van der Waals surface area contributed by atoms with E-state index in [-0.39, 0.29) is 24.2 Å². The second-order valence-electron chi connectivity index (χ2n) is 7.13. The number of carbonyl (C=O) groups is 1. The highest BCUT2D eigenvalue weighted by molar-refractivity contribution is 7.12. The summed E-state index contributed by atoms with van der Waals surface area (Å²) in [4.78, 5) is 36.1. The molecule has 0 radical (unpaired) electrons. The molecule has 150 valence electrons. The van der Waals surface area contributed by atoms with E-state index in [9.17, 15) is 9.59 Å². The number of aryl methyl sites for hydroxylation is 1. The summed E-state index contributed by atoms with van der Waals surface area (Å²) in [5, 5.41) is 0.461. The van der Waals surface area contributed by atoms with Crippen LogP contribution in [0.15, 0.2) is 52.3 Å². The van der Waals surface area contributed by atoms with Gasteiger partial charge in [-0.2, -0.15) is 0 Å². The van der Waals surface area contributed by atoms with Crippen molar-refractivity contribution in [2.45, 2.75) is 32.9 Å². The van der Waals surface area contributed by atoms with Gasteiger partial charge in [0.05, 0.1) is 18.7 Å². The van der Waals surface area contributed by atoms with Gasteiger partial charge >= 0.3 is 5.97 Å². The lowest BCUT2D eigenvalue weighted by atomic mass is 9.86. The van der Waals surface area contributed by atoms with Crippen LogP contribution in [0, 0.1) is 12.8 Å². The van der Waals surface area contributed by atoms with E-state index in [1.165, 1.54) is 4.88 Å². The number of H-pyrrole nitrogens is 1. The highest BCUT2D eigenvalue weighted by Crippen LogP contribution is 2.31. The Bertz CT molecular complexity index is 1210. The van der Waals surface area contributed by atoms with Crippen molar-refractivity contribution in [3.05, 3.63) is 79.1 Å². The van der Waals surface area contributed by atoms with Gasteiger partial charge in [0.25, 0.3) is 5.56 Å². The van der Waals surface area contributed by atoms with Crippen LogP contribution < -0.4 is 16.5 Å². The third-order valence-electron chi connectivity index (χ3n) is 5.14. The second kappa shape index (κ2) is 7.83. The van der Waals surface area contributed by atoms with E-state index < -0.39 is 12.0 Å². The molecule has 0 amide bonds. The van der Waals surface area contributed by atoms with Crippen LogP contribution in [-0.4, -0.2) is 28.2 Å². The number of aromatic nitrogens is 2. The molecule has 2 aromatic heterocycles. The topological polar surface area (TPSA) is 76.4 Å². The number of rotatable bonds is 4. The highest BCUT2D eigenvalue weighted by Gasteiger charge is 2.40. The highest BCUT2D eigenvalue weighted by atomic mass is 32.1. The molecule has 1 aliphatic heterocycles. The number of carbonyl (C=O) groups excluding carboxylic acids is 1. The van der Waals surface area contributed by atoms with Gasteiger partial charge in [0, 0.05) is 9.75 Å². The Labute approximate surface area is 172 Å². The maximum absolute atomic E-state index is 13.3. The predicted molar refractivity (Wildman–Crippen MR) is 113 cm³/mol. The normalized spacial score (nSPS) is 21.5. The zero-order valence-electron chi connectivity index (χ0n) is 16.6. The molecule has 29 heavy (non-hydrogen) atoms. The van der Waals surface area contributed by atoms with Gasteiger partial charge in [-0.05, 0) is 44.5 Å². The SMILES string of the molecule is CCOC(=O)C1C(C)N=c2[nH]/c(=C\c3ccc(C)s3)c(=O)n2C1c1ccccc1. The van der Waals surface area contributed by atoms with Crippen LogP contribution in [0.25, 0.3) is 6.08 Å². The fraction of sp³-hybridized carbons (Fsp3) is 0.318. The lowest BCUT2D eigenvalue weighted by molar-refractivity contribution is -0.150. The molecule has 1 aliphatic rings. The molecule has 0 bridgehead atoms. The Balaban J connectivity index is 1.93. The van der Waals surface area contributed by atoms with Gasteiger partial charge < -0.3 is 9.72 Å². The summed E-state index contributed by atoms with van der Waals surface area (Å²) >= 11 is 1.62. The minimum absolute atomic E-state index is 0.190. The van der Waals surface area contributed by atoms with E-state index in [1.54, 1.807) is 22.8 Å². The van der Waals surface area contributed by atoms with E-state index in [2.05, 4.69) is 9.98 Å². The van der Waals surface area contributed by atoms with Gasteiger partial charge in [-0.3, -0.25) is 14.2 Å². The molecule has 3 unspecified atom stereocenters. The van der Waals surface area contributed by atoms with E-state index in [0.29, 0.717) is 11.0 Å². The van der Waals surface area contributed by atoms with Crippen LogP contribution in [0.3, 0.4) is 0 Å². The molecule has 0 fully saturated rings. The van der Waals surface area contributed by atoms with E-state index in [1.807, 2.05) is 62.4 Å². The minimum atomic E-state index is -0.574. The van der Waals surface area contributed by atoms with Crippen molar-refractivity contribution in [1.29, 1.82) is 0 Å². The Morgan fingerprint density at radius 2 is 2.03 bits per heavy atom. The van der Waals surface area contributed by atoms with Crippen molar-refractivity contribution in [3.8, 4) is 0 Å². The fourth-order valence-electron chi connectivity index (χ4n) is 3.85. The molecule has 0 saturated carbocycles. The maximum Gasteiger partial charge on any atom is 0.313 e. The quantitative estimate of drug-likeness (QED) is 0.671. The van der Waals surface area contributed by atoms with Crippen LogP contribution in [0.2, 0.25) is 0 Å². The first-order valence-corrected chi connectivity index (χ1v) is 10.5. The molecule has 7 heteroatoms. The van der Waals surface area contributed by atoms with Crippen molar-refractivity contribution < 1.29 is 9.53 Å². The fourth-order valence-corrected chi connectivity index (χ4v) is 4.67. The number of ether oxygens (including phenoxy) is 1. The van der Waals surface area contributed by atoms with Crippen LogP contribution in [-0.2, 0) is 9.53 Å².